The van der Waals surface area contributed by atoms with Crippen molar-refractivity contribution in [1.82, 2.24) is 10.6 Å². The molecular weight excluding hydrogens is 160 g/mol. The first kappa shape index (κ1) is 7.39. The second-order valence-electron chi connectivity index (χ2n) is 3.53. The molecule has 0 radical (unpaired) electrons. The summed E-state index contributed by atoms with van der Waals surface area (Å²) in [6.45, 7) is 0.565. The van der Waals surface area contributed by atoms with Gasteiger partial charge >= 0.3 is 12.0 Å². The van der Waals surface area contributed by atoms with Crippen LogP contribution in [0.2, 0.25) is 0 Å². The summed E-state index contributed by atoms with van der Waals surface area (Å²) >= 11 is 0. The average Bonchev–Trinajstić information content (AvgIpc) is 2.27. The first-order valence-corrected chi connectivity index (χ1v) is 3.90. The molecule has 2 rings (SSSR count). The van der Waals surface area contributed by atoms with Crippen molar-refractivity contribution in [3.8, 4) is 0 Å². The van der Waals surface area contributed by atoms with E-state index >= 15 is 0 Å². The van der Waals surface area contributed by atoms with Crippen LogP contribution in [0.5, 0.6) is 0 Å². The van der Waals surface area contributed by atoms with E-state index in [1.165, 1.54) is 0 Å². The third-order valence-electron chi connectivity index (χ3n) is 2.59. The molecule has 1 aliphatic heterocycles. The molecule has 1 saturated carbocycles. The van der Waals surface area contributed by atoms with E-state index in [-0.39, 0.29) is 17.5 Å². The van der Waals surface area contributed by atoms with Crippen LogP contribution in [0.25, 0.3) is 0 Å². The number of carbonyl (C=O) groups excluding carboxylic acids is 1. The van der Waals surface area contributed by atoms with E-state index in [2.05, 4.69) is 10.6 Å². The number of nitrogens with one attached hydrogen (secondary N) is 2. The number of aliphatic carboxylic acids is 1. The van der Waals surface area contributed by atoms with Gasteiger partial charge in [0.15, 0.2) is 0 Å². The average molecular weight is 170 g/mol. The number of rotatable bonds is 1. The molecule has 1 heterocycles. The van der Waals surface area contributed by atoms with Crippen LogP contribution in [0.3, 0.4) is 0 Å². The van der Waals surface area contributed by atoms with Crippen LogP contribution >= 0.6 is 0 Å². The van der Waals surface area contributed by atoms with Gasteiger partial charge in [0.05, 0.1) is 11.5 Å². The standard InChI is InChI=1S/C7H10N2O3/c10-5(11)4-1-7(2-4)3-8-6(12)9-7/h4H,1-3H2,(H,10,11)(H2,8,9,12). The maximum Gasteiger partial charge on any atom is 0.315 e. The molecule has 5 heteroatoms. The highest BCUT2D eigenvalue weighted by Gasteiger charge is 2.51. The van der Waals surface area contributed by atoms with Crippen molar-refractivity contribution in [3.63, 3.8) is 0 Å². The summed E-state index contributed by atoms with van der Waals surface area (Å²) in [5, 5.41) is 14.0. The van der Waals surface area contributed by atoms with E-state index in [0.29, 0.717) is 19.4 Å². The zero-order valence-electron chi connectivity index (χ0n) is 6.46. The lowest BCUT2D eigenvalue weighted by Crippen LogP contribution is -2.56. The van der Waals surface area contributed by atoms with Crippen LogP contribution in [-0.2, 0) is 4.79 Å². The van der Waals surface area contributed by atoms with Crippen molar-refractivity contribution >= 4 is 12.0 Å². The Bertz CT molecular complexity index is 245. The maximum atomic E-state index is 10.8. The lowest BCUT2D eigenvalue weighted by molar-refractivity contribution is -0.147. The Morgan fingerprint density at radius 1 is 1.58 bits per heavy atom. The summed E-state index contributed by atoms with van der Waals surface area (Å²) in [5.74, 6) is -1.04. The van der Waals surface area contributed by atoms with E-state index in [1.807, 2.05) is 0 Å². The number of hydrogen-bond donors (Lipinski definition) is 3. The minimum Gasteiger partial charge on any atom is -0.481 e. The molecule has 0 atom stereocenters. The van der Waals surface area contributed by atoms with Gasteiger partial charge in [-0.2, -0.15) is 0 Å². The monoisotopic (exact) mass is 170 g/mol. The summed E-state index contributed by atoms with van der Waals surface area (Å²) in [6, 6.07) is -0.182. The SMILES string of the molecule is O=C1NCC2(CC(C(=O)O)C2)N1. The molecule has 0 bridgehead atoms. The third-order valence-corrected chi connectivity index (χ3v) is 2.59. The molecule has 2 aliphatic rings. The van der Waals surface area contributed by atoms with E-state index in [4.69, 9.17) is 5.11 Å². The Kier molecular flexibility index (Phi) is 1.31. The minimum atomic E-state index is -0.762. The molecule has 3 N–H and O–H groups in total. The number of carbonyl (C=O) groups is 2. The first-order chi connectivity index (χ1) is 5.61. The summed E-state index contributed by atoms with van der Waals surface area (Å²) in [5.41, 5.74) is -0.250. The quantitative estimate of drug-likeness (QED) is 0.498. The van der Waals surface area contributed by atoms with E-state index in [1.54, 1.807) is 0 Å². The fraction of sp³-hybridized carbons (Fsp3) is 0.714. The normalized spacial score (nSPS) is 38.7. The van der Waals surface area contributed by atoms with Gasteiger partial charge in [0.1, 0.15) is 0 Å². The predicted molar refractivity (Wildman–Crippen MR) is 39.6 cm³/mol. The van der Waals surface area contributed by atoms with Gasteiger partial charge in [0.25, 0.3) is 0 Å². The molecule has 2 amide bonds. The molecule has 0 aromatic heterocycles. The van der Waals surface area contributed by atoms with E-state index in [0.717, 1.165) is 0 Å². The van der Waals surface area contributed by atoms with Crippen molar-refractivity contribution in [2.24, 2.45) is 5.92 Å². The highest BCUT2D eigenvalue weighted by atomic mass is 16.4. The van der Waals surface area contributed by atoms with Gasteiger partial charge < -0.3 is 15.7 Å². The molecule has 0 aromatic carbocycles. The van der Waals surface area contributed by atoms with Crippen LogP contribution in [0.4, 0.5) is 4.79 Å². The molecule has 0 aromatic rings. The first-order valence-electron chi connectivity index (χ1n) is 3.90. The molecule has 66 valence electrons. The largest absolute Gasteiger partial charge is 0.481 e. The zero-order valence-corrected chi connectivity index (χ0v) is 6.46. The highest BCUT2D eigenvalue weighted by molar-refractivity contribution is 5.79. The topological polar surface area (TPSA) is 78.4 Å². The summed E-state index contributed by atoms with van der Waals surface area (Å²) in [4.78, 5) is 21.2. The van der Waals surface area contributed by atoms with Gasteiger partial charge in [-0.15, -0.1) is 0 Å². The molecule has 12 heavy (non-hydrogen) atoms. The number of carboxylic acid groups (broad SMARTS) is 1. The lowest BCUT2D eigenvalue weighted by atomic mass is 9.69. The van der Waals surface area contributed by atoms with E-state index < -0.39 is 5.97 Å². The van der Waals surface area contributed by atoms with Gasteiger partial charge in [-0.25, -0.2) is 4.79 Å². The van der Waals surface area contributed by atoms with Crippen LogP contribution in [0.1, 0.15) is 12.8 Å². The Morgan fingerprint density at radius 3 is 2.67 bits per heavy atom. The maximum absolute atomic E-state index is 10.8. The molecule has 1 saturated heterocycles. The smallest absolute Gasteiger partial charge is 0.315 e. The number of hydrogen-bond acceptors (Lipinski definition) is 2. The van der Waals surface area contributed by atoms with Crippen molar-refractivity contribution < 1.29 is 14.7 Å². The minimum absolute atomic E-state index is 0.182. The van der Waals surface area contributed by atoms with E-state index in [9.17, 15) is 9.59 Å². The Hall–Kier alpha value is -1.26. The fourth-order valence-electron chi connectivity index (χ4n) is 1.88. The lowest BCUT2D eigenvalue weighted by Gasteiger charge is -2.41. The van der Waals surface area contributed by atoms with Gasteiger partial charge in [-0.1, -0.05) is 0 Å². The second kappa shape index (κ2) is 2.12. The van der Waals surface area contributed by atoms with Gasteiger partial charge in [0, 0.05) is 6.54 Å². The predicted octanol–water partition coefficient (Wildman–Crippen LogP) is -0.467. The Labute approximate surface area is 69.1 Å². The summed E-state index contributed by atoms with van der Waals surface area (Å²) in [7, 11) is 0. The summed E-state index contributed by atoms with van der Waals surface area (Å²) in [6.07, 6.45) is 1.11. The highest BCUT2D eigenvalue weighted by Crippen LogP contribution is 2.38. The van der Waals surface area contributed by atoms with Crippen LogP contribution in [0.15, 0.2) is 0 Å². The molecule has 1 spiro atoms. The molecule has 5 nitrogen and oxygen atoms in total. The molecule has 2 fully saturated rings. The van der Waals surface area contributed by atoms with Gasteiger partial charge in [0.2, 0.25) is 0 Å². The van der Waals surface area contributed by atoms with Gasteiger partial charge in [-0.05, 0) is 12.8 Å². The van der Waals surface area contributed by atoms with Crippen molar-refractivity contribution in [1.29, 1.82) is 0 Å². The third kappa shape index (κ3) is 0.929. The number of carboxylic acids is 1. The zero-order chi connectivity index (χ0) is 8.77. The Morgan fingerprint density at radius 2 is 2.25 bits per heavy atom. The second-order valence-corrected chi connectivity index (χ2v) is 3.53. The summed E-state index contributed by atoms with van der Waals surface area (Å²) < 4.78 is 0. The molecule has 0 unspecified atom stereocenters. The van der Waals surface area contributed by atoms with Crippen molar-refractivity contribution in [2.75, 3.05) is 6.54 Å². The number of amides is 2. The van der Waals surface area contributed by atoms with Crippen molar-refractivity contribution in [3.05, 3.63) is 0 Å². The van der Waals surface area contributed by atoms with Crippen molar-refractivity contribution in [2.45, 2.75) is 18.4 Å². The fourth-order valence-corrected chi connectivity index (χ4v) is 1.88. The van der Waals surface area contributed by atoms with Gasteiger partial charge in [-0.3, -0.25) is 4.79 Å². The van der Waals surface area contributed by atoms with Crippen LogP contribution in [-0.4, -0.2) is 29.2 Å². The molecule has 1 aliphatic carbocycles. The Balaban J connectivity index is 1.95. The number of urea groups is 1. The molecular formula is C7H10N2O3. The van der Waals surface area contributed by atoms with Crippen LogP contribution < -0.4 is 10.6 Å². The van der Waals surface area contributed by atoms with Crippen LogP contribution in [0, 0.1) is 5.92 Å².